The maximum absolute atomic E-state index is 12.3. The third-order valence-electron chi connectivity index (χ3n) is 5.43. The van der Waals surface area contributed by atoms with Crippen LogP contribution in [0.4, 0.5) is 5.69 Å². The van der Waals surface area contributed by atoms with Gasteiger partial charge in [0.15, 0.2) is 0 Å². The van der Waals surface area contributed by atoms with Crippen molar-refractivity contribution < 1.29 is 14.3 Å². The molecule has 178 valence electrons. The van der Waals surface area contributed by atoms with Crippen molar-refractivity contribution in [2.24, 2.45) is 0 Å². The van der Waals surface area contributed by atoms with Crippen molar-refractivity contribution in [1.29, 1.82) is 0 Å². The molecule has 0 bridgehead atoms. The number of esters is 1. The zero-order valence-corrected chi connectivity index (χ0v) is 20.6. The van der Waals surface area contributed by atoms with Gasteiger partial charge in [0, 0.05) is 28.4 Å². The van der Waals surface area contributed by atoms with E-state index in [-0.39, 0.29) is 18.9 Å². The van der Waals surface area contributed by atoms with E-state index >= 15 is 0 Å². The van der Waals surface area contributed by atoms with Gasteiger partial charge in [-0.15, -0.1) is 11.3 Å². The SMILES string of the molecule is Cc1ccccc1NC(=O)Cc1nc(COC(=O)/C=C/c2c(C)nn(-c3ccccc3)c2C)cs1. The van der Waals surface area contributed by atoms with Crippen molar-refractivity contribution in [3.63, 3.8) is 0 Å². The Morgan fingerprint density at radius 1 is 1.06 bits per heavy atom. The van der Waals surface area contributed by atoms with E-state index in [4.69, 9.17) is 4.74 Å². The first-order valence-electron chi connectivity index (χ1n) is 11.2. The van der Waals surface area contributed by atoms with Crippen LogP contribution in [0.1, 0.15) is 33.2 Å². The molecule has 0 spiro atoms. The van der Waals surface area contributed by atoms with Crippen molar-refractivity contribution >= 4 is 35.0 Å². The van der Waals surface area contributed by atoms with Crippen LogP contribution in [0.5, 0.6) is 0 Å². The number of nitrogens with one attached hydrogen (secondary N) is 1. The van der Waals surface area contributed by atoms with Crippen LogP contribution in [0.25, 0.3) is 11.8 Å². The molecule has 35 heavy (non-hydrogen) atoms. The molecule has 2 aromatic heterocycles. The number of aryl methyl sites for hydroxylation is 2. The summed E-state index contributed by atoms with van der Waals surface area (Å²) in [5, 5.41) is 9.94. The first-order chi connectivity index (χ1) is 16.9. The third-order valence-corrected chi connectivity index (χ3v) is 6.32. The van der Waals surface area contributed by atoms with E-state index in [9.17, 15) is 9.59 Å². The Kier molecular flexibility index (Phi) is 7.52. The Balaban J connectivity index is 1.31. The number of amides is 1. The number of para-hydroxylation sites is 2. The highest BCUT2D eigenvalue weighted by Crippen LogP contribution is 2.19. The molecule has 8 heteroatoms. The van der Waals surface area contributed by atoms with Crippen molar-refractivity contribution in [1.82, 2.24) is 14.8 Å². The fourth-order valence-electron chi connectivity index (χ4n) is 3.60. The van der Waals surface area contributed by atoms with Gasteiger partial charge in [-0.05, 0) is 50.6 Å². The lowest BCUT2D eigenvalue weighted by Crippen LogP contribution is -2.15. The molecule has 1 amide bonds. The molecule has 0 unspecified atom stereocenters. The first-order valence-corrected chi connectivity index (χ1v) is 12.0. The lowest BCUT2D eigenvalue weighted by atomic mass is 10.2. The molecule has 0 saturated carbocycles. The molecule has 2 aromatic carbocycles. The summed E-state index contributed by atoms with van der Waals surface area (Å²) in [5.41, 5.74) is 5.99. The van der Waals surface area contributed by atoms with Gasteiger partial charge in [-0.25, -0.2) is 14.5 Å². The molecule has 0 aliphatic rings. The van der Waals surface area contributed by atoms with E-state index in [1.165, 1.54) is 17.4 Å². The van der Waals surface area contributed by atoms with Crippen LogP contribution < -0.4 is 5.32 Å². The van der Waals surface area contributed by atoms with Crippen LogP contribution in [0, 0.1) is 20.8 Å². The molecule has 1 N–H and O–H groups in total. The summed E-state index contributed by atoms with van der Waals surface area (Å²) in [7, 11) is 0. The number of hydrogen-bond donors (Lipinski definition) is 1. The maximum atomic E-state index is 12.3. The van der Waals surface area contributed by atoms with E-state index in [1.54, 1.807) is 11.5 Å². The fraction of sp³-hybridized carbons (Fsp3) is 0.185. The third kappa shape index (κ3) is 6.10. The molecule has 0 fully saturated rings. The number of anilines is 1. The first kappa shape index (κ1) is 24.1. The van der Waals surface area contributed by atoms with Crippen LogP contribution >= 0.6 is 11.3 Å². The molecular weight excluding hydrogens is 460 g/mol. The average molecular weight is 487 g/mol. The van der Waals surface area contributed by atoms with Crippen molar-refractivity contribution in [2.75, 3.05) is 5.32 Å². The van der Waals surface area contributed by atoms with Gasteiger partial charge >= 0.3 is 5.97 Å². The average Bonchev–Trinajstić information content (AvgIpc) is 3.41. The molecule has 0 atom stereocenters. The van der Waals surface area contributed by atoms with Gasteiger partial charge in [0.2, 0.25) is 5.91 Å². The van der Waals surface area contributed by atoms with Gasteiger partial charge in [-0.1, -0.05) is 36.4 Å². The van der Waals surface area contributed by atoms with E-state index < -0.39 is 5.97 Å². The quantitative estimate of drug-likeness (QED) is 0.274. The highest BCUT2D eigenvalue weighted by atomic mass is 32.1. The number of rotatable bonds is 8. The minimum Gasteiger partial charge on any atom is -0.456 e. The van der Waals surface area contributed by atoms with Crippen LogP contribution in [-0.4, -0.2) is 26.6 Å². The lowest BCUT2D eigenvalue weighted by molar-refractivity contribution is -0.139. The molecule has 2 heterocycles. The molecule has 4 rings (SSSR count). The van der Waals surface area contributed by atoms with E-state index in [0.29, 0.717) is 10.7 Å². The Hall–Kier alpha value is -4.04. The van der Waals surface area contributed by atoms with Crippen molar-refractivity contribution in [3.05, 3.63) is 99.3 Å². The predicted octanol–water partition coefficient (Wildman–Crippen LogP) is 5.19. The smallest absolute Gasteiger partial charge is 0.331 e. The monoisotopic (exact) mass is 486 g/mol. The van der Waals surface area contributed by atoms with Crippen LogP contribution in [0.15, 0.2) is 66.1 Å². The maximum Gasteiger partial charge on any atom is 0.331 e. The molecular formula is C27H26N4O3S. The Morgan fingerprint density at radius 3 is 2.57 bits per heavy atom. The van der Waals surface area contributed by atoms with Gasteiger partial charge < -0.3 is 10.1 Å². The number of aromatic nitrogens is 3. The van der Waals surface area contributed by atoms with Gasteiger partial charge in [-0.3, -0.25) is 4.79 Å². The molecule has 0 aliphatic heterocycles. The number of carbonyl (C=O) groups excluding carboxylic acids is 2. The summed E-state index contributed by atoms with van der Waals surface area (Å²) >= 11 is 1.37. The second-order valence-corrected chi connectivity index (χ2v) is 8.99. The summed E-state index contributed by atoms with van der Waals surface area (Å²) < 4.78 is 7.19. The second-order valence-electron chi connectivity index (χ2n) is 8.05. The van der Waals surface area contributed by atoms with E-state index in [2.05, 4.69) is 15.4 Å². The fourth-order valence-corrected chi connectivity index (χ4v) is 4.38. The Bertz CT molecular complexity index is 1370. The predicted molar refractivity (Wildman–Crippen MR) is 137 cm³/mol. The van der Waals surface area contributed by atoms with Crippen LogP contribution in [0.2, 0.25) is 0 Å². The van der Waals surface area contributed by atoms with Crippen LogP contribution in [-0.2, 0) is 27.4 Å². The molecule has 0 saturated heterocycles. The van der Waals surface area contributed by atoms with E-state index in [1.807, 2.05) is 80.1 Å². The van der Waals surface area contributed by atoms with E-state index in [0.717, 1.165) is 33.9 Å². The zero-order chi connectivity index (χ0) is 24.8. The van der Waals surface area contributed by atoms with Crippen molar-refractivity contribution in [3.8, 4) is 5.69 Å². The van der Waals surface area contributed by atoms with Gasteiger partial charge in [0.05, 0.1) is 23.5 Å². The lowest BCUT2D eigenvalue weighted by Gasteiger charge is -2.06. The minimum absolute atomic E-state index is 0.0420. The number of carbonyl (C=O) groups is 2. The number of benzene rings is 2. The standard InChI is InChI=1S/C27H26N4O3S/c1-18-9-7-8-12-24(18)29-25(32)15-26-28-21(17-35-26)16-34-27(33)14-13-23-19(2)30-31(20(23)3)22-10-5-4-6-11-22/h4-14,17H,15-16H2,1-3H3,(H,29,32)/b14-13+. The number of hydrogen-bond acceptors (Lipinski definition) is 6. The number of thiazole rings is 1. The minimum atomic E-state index is -0.469. The molecule has 0 radical (unpaired) electrons. The van der Waals surface area contributed by atoms with Gasteiger partial charge in [0.25, 0.3) is 0 Å². The molecule has 7 nitrogen and oxygen atoms in total. The summed E-state index contributed by atoms with van der Waals surface area (Å²) in [4.78, 5) is 29.0. The Morgan fingerprint density at radius 2 is 1.80 bits per heavy atom. The number of nitrogens with zero attached hydrogens (tertiary/aromatic N) is 3. The number of ether oxygens (including phenoxy) is 1. The second kappa shape index (κ2) is 10.9. The summed E-state index contributed by atoms with van der Waals surface area (Å²) in [6, 6.07) is 17.4. The Labute approximate surface area is 208 Å². The largest absolute Gasteiger partial charge is 0.456 e. The summed E-state index contributed by atoms with van der Waals surface area (Å²) in [6.07, 6.45) is 3.29. The zero-order valence-electron chi connectivity index (χ0n) is 19.8. The summed E-state index contributed by atoms with van der Waals surface area (Å²) in [6.45, 7) is 5.85. The van der Waals surface area contributed by atoms with Crippen LogP contribution in [0.3, 0.4) is 0 Å². The van der Waals surface area contributed by atoms with Crippen molar-refractivity contribution in [2.45, 2.75) is 33.8 Å². The summed E-state index contributed by atoms with van der Waals surface area (Å²) in [5.74, 6) is -0.606. The molecule has 4 aromatic rings. The van der Waals surface area contributed by atoms with Gasteiger partial charge in [-0.2, -0.15) is 5.10 Å². The highest BCUT2D eigenvalue weighted by molar-refractivity contribution is 7.09. The topological polar surface area (TPSA) is 86.1 Å². The molecule has 0 aliphatic carbocycles. The normalized spacial score (nSPS) is 11.1. The highest BCUT2D eigenvalue weighted by Gasteiger charge is 2.12. The van der Waals surface area contributed by atoms with Gasteiger partial charge in [0.1, 0.15) is 11.6 Å².